The number of benzene rings is 1. The summed E-state index contributed by atoms with van der Waals surface area (Å²) in [7, 11) is 1.87. The molecule has 19 heavy (non-hydrogen) atoms. The molecule has 0 amide bonds. The third kappa shape index (κ3) is 3.38. The lowest BCUT2D eigenvalue weighted by atomic mass is 9.93. The molecular weight excluding hydrogens is 264 g/mol. The van der Waals surface area contributed by atoms with E-state index in [1.165, 1.54) is 0 Å². The molecular formula is C14H17ClN2O2. The molecule has 0 aromatic heterocycles. The molecule has 0 radical (unpaired) electrons. The maximum absolute atomic E-state index is 10.5. The fraction of sp³-hybridized carbons (Fsp3) is 0.500. The molecule has 0 spiro atoms. The van der Waals surface area contributed by atoms with Gasteiger partial charge in [0.1, 0.15) is 6.07 Å². The van der Waals surface area contributed by atoms with Crippen LogP contribution in [-0.2, 0) is 4.74 Å². The Kier molecular flexibility index (Phi) is 4.31. The number of hydrogen-bond donors (Lipinski definition) is 1. The largest absolute Gasteiger partial charge is 0.388 e. The van der Waals surface area contributed by atoms with E-state index in [1.807, 2.05) is 18.0 Å². The van der Waals surface area contributed by atoms with Gasteiger partial charge in [0, 0.05) is 44.7 Å². The third-order valence-electron chi connectivity index (χ3n) is 3.45. The Hall–Kier alpha value is -1.28. The first-order chi connectivity index (χ1) is 9.04. The van der Waals surface area contributed by atoms with Crippen LogP contribution < -0.4 is 4.90 Å². The van der Waals surface area contributed by atoms with Crippen LogP contribution in [0.25, 0.3) is 0 Å². The van der Waals surface area contributed by atoms with Crippen LogP contribution in [0.1, 0.15) is 18.4 Å². The molecule has 1 aliphatic rings. The molecule has 0 atom stereocenters. The molecule has 1 saturated heterocycles. The highest BCUT2D eigenvalue weighted by Crippen LogP contribution is 2.27. The minimum absolute atomic E-state index is 0.479. The van der Waals surface area contributed by atoms with Crippen LogP contribution in [0.5, 0.6) is 0 Å². The van der Waals surface area contributed by atoms with Gasteiger partial charge in [0.05, 0.1) is 16.9 Å². The summed E-state index contributed by atoms with van der Waals surface area (Å²) in [5.74, 6) is 0. The molecule has 0 unspecified atom stereocenters. The normalized spacial score (nSPS) is 17.8. The van der Waals surface area contributed by atoms with Gasteiger partial charge in [-0.15, -0.1) is 0 Å². The zero-order valence-electron chi connectivity index (χ0n) is 10.9. The molecule has 1 aromatic carbocycles. The van der Waals surface area contributed by atoms with Gasteiger partial charge in [-0.3, -0.25) is 0 Å². The third-order valence-corrected chi connectivity index (χ3v) is 3.68. The highest BCUT2D eigenvalue weighted by Gasteiger charge is 2.31. The highest BCUT2D eigenvalue weighted by atomic mass is 35.5. The van der Waals surface area contributed by atoms with Gasteiger partial charge >= 0.3 is 0 Å². The molecule has 0 bridgehead atoms. The van der Waals surface area contributed by atoms with Gasteiger partial charge in [-0.05, 0) is 18.2 Å². The monoisotopic (exact) mass is 280 g/mol. The number of rotatable bonds is 3. The molecule has 1 aromatic rings. The van der Waals surface area contributed by atoms with Crippen molar-refractivity contribution in [3.8, 4) is 6.07 Å². The molecule has 1 aliphatic heterocycles. The molecule has 1 N–H and O–H groups in total. The van der Waals surface area contributed by atoms with Crippen LogP contribution in [0.2, 0.25) is 5.02 Å². The van der Waals surface area contributed by atoms with Crippen LogP contribution >= 0.6 is 11.6 Å². The summed E-state index contributed by atoms with van der Waals surface area (Å²) in [6.07, 6.45) is 1.24. The van der Waals surface area contributed by atoms with Crippen molar-refractivity contribution in [2.24, 2.45) is 0 Å². The first-order valence-corrected chi connectivity index (χ1v) is 6.63. The smallest absolute Gasteiger partial charge is 0.101 e. The average Bonchev–Trinajstić information content (AvgIpc) is 2.38. The number of likely N-dealkylation sites (N-methyl/N-ethyl adjacent to an activating group) is 1. The number of nitrogens with zero attached hydrogens (tertiary/aromatic N) is 2. The maximum atomic E-state index is 10.5. The molecule has 1 heterocycles. The molecule has 0 aliphatic carbocycles. The van der Waals surface area contributed by atoms with Gasteiger partial charge < -0.3 is 14.7 Å². The SMILES string of the molecule is CN(CC1(O)CCOCC1)c1ccc(Cl)cc1C#N. The van der Waals surface area contributed by atoms with Crippen LogP contribution in [0.4, 0.5) is 5.69 Å². The van der Waals surface area contributed by atoms with E-state index in [-0.39, 0.29) is 0 Å². The van der Waals surface area contributed by atoms with Crippen molar-refractivity contribution in [2.75, 3.05) is 31.7 Å². The van der Waals surface area contributed by atoms with Crippen molar-refractivity contribution in [3.63, 3.8) is 0 Å². The number of anilines is 1. The van der Waals surface area contributed by atoms with Crippen LogP contribution in [0.15, 0.2) is 18.2 Å². The first-order valence-electron chi connectivity index (χ1n) is 6.25. The molecule has 4 nitrogen and oxygen atoms in total. The average molecular weight is 281 g/mol. The van der Waals surface area contributed by atoms with Crippen LogP contribution in [-0.4, -0.2) is 37.5 Å². The molecule has 102 valence electrons. The second kappa shape index (κ2) is 5.79. The van der Waals surface area contributed by atoms with E-state index in [0.717, 1.165) is 5.69 Å². The Morgan fingerprint density at radius 3 is 2.79 bits per heavy atom. The van der Waals surface area contributed by atoms with Crippen LogP contribution in [0.3, 0.4) is 0 Å². The Morgan fingerprint density at radius 1 is 1.47 bits per heavy atom. The van der Waals surface area contributed by atoms with Crippen molar-refractivity contribution in [1.82, 2.24) is 0 Å². The molecule has 5 heteroatoms. The Labute approximate surface area is 118 Å². The standard InChI is InChI=1S/C14H17ClN2O2/c1-17(10-14(18)4-6-19-7-5-14)13-3-2-12(15)8-11(13)9-16/h2-3,8,18H,4-7,10H2,1H3. The number of nitriles is 1. The molecule has 0 saturated carbocycles. The lowest BCUT2D eigenvalue weighted by Gasteiger charge is -2.36. The predicted molar refractivity (Wildman–Crippen MR) is 74.4 cm³/mol. The van der Waals surface area contributed by atoms with Crippen LogP contribution in [0, 0.1) is 11.3 Å². The van der Waals surface area contributed by atoms with Gasteiger partial charge in [-0.1, -0.05) is 11.6 Å². The zero-order valence-corrected chi connectivity index (χ0v) is 11.7. The summed E-state index contributed by atoms with van der Waals surface area (Å²) >= 11 is 5.88. The topological polar surface area (TPSA) is 56.5 Å². The second-order valence-electron chi connectivity index (χ2n) is 4.97. The van der Waals surface area contributed by atoms with E-state index in [0.29, 0.717) is 43.2 Å². The van der Waals surface area contributed by atoms with Gasteiger partial charge in [-0.25, -0.2) is 0 Å². The molecule has 2 rings (SSSR count). The summed E-state index contributed by atoms with van der Waals surface area (Å²) in [6.45, 7) is 1.64. The minimum Gasteiger partial charge on any atom is -0.388 e. The highest BCUT2D eigenvalue weighted by molar-refractivity contribution is 6.30. The first kappa shape index (κ1) is 14.1. The Bertz CT molecular complexity index is 493. The van der Waals surface area contributed by atoms with Gasteiger partial charge in [0.25, 0.3) is 0 Å². The van der Waals surface area contributed by atoms with Crippen molar-refractivity contribution in [1.29, 1.82) is 5.26 Å². The lowest BCUT2D eigenvalue weighted by Crippen LogP contribution is -2.45. The van der Waals surface area contributed by atoms with E-state index in [2.05, 4.69) is 6.07 Å². The predicted octanol–water partition coefficient (Wildman–Crippen LogP) is 2.19. The quantitative estimate of drug-likeness (QED) is 0.922. The summed E-state index contributed by atoms with van der Waals surface area (Å²) in [5.41, 5.74) is 0.553. The van der Waals surface area contributed by atoms with Crippen molar-refractivity contribution >= 4 is 17.3 Å². The Balaban J connectivity index is 2.15. The van der Waals surface area contributed by atoms with E-state index in [1.54, 1.807) is 12.1 Å². The summed E-state index contributed by atoms with van der Waals surface area (Å²) < 4.78 is 5.26. The zero-order chi connectivity index (χ0) is 13.9. The number of halogens is 1. The fourth-order valence-corrected chi connectivity index (χ4v) is 2.54. The second-order valence-corrected chi connectivity index (χ2v) is 5.40. The van der Waals surface area contributed by atoms with E-state index in [9.17, 15) is 5.11 Å². The van der Waals surface area contributed by atoms with E-state index < -0.39 is 5.60 Å². The van der Waals surface area contributed by atoms with Crippen molar-refractivity contribution in [3.05, 3.63) is 28.8 Å². The lowest BCUT2D eigenvalue weighted by molar-refractivity contribution is -0.0572. The fourth-order valence-electron chi connectivity index (χ4n) is 2.37. The summed E-state index contributed by atoms with van der Waals surface area (Å²) in [5, 5.41) is 20.2. The number of hydrogen-bond acceptors (Lipinski definition) is 4. The van der Waals surface area contributed by atoms with Crippen molar-refractivity contribution in [2.45, 2.75) is 18.4 Å². The van der Waals surface area contributed by atoms with E-state index >= 15 is 0 Å². The number of aliphatic hydroxyl groups is 1. The maximum Gasteiger partial charge on any atom is 0.101 e. The Morgan fingerprint density at radius 2 is 2.16 bits per heavy atom. The summed E-state index contributed by atoms with van der Waals surface area (Å²) in [4.78, 5) is 1.90. The number of ether oxygens (including phenoxy) is 1. The summed E-state index contributed by atoms with van der Waals surface area (Å²) in [6, 6.07) is 7.34. The van der Waals surface area contributed by atoms with Gasteiger partial charge in [0.2, 0.25) is 0 Å². The van der Waals surface area contributed by atoms with Crippen molar-refractivity contribution < 1.29 is 9.84 Å². The van der Waals surface area contributed by atoms with Gasteiger partial charge in [0.15, 0.2) is 0 Å². The molecule has 1 fully saturated rings. The van der Waals surface area contributed by atoms with Gasteiger partial charge in [-0.2, -0.15) is 5.26 Å². The minimum atomic E-state index is -0.751. The van der Waals surface area contributed by atoms with E-state index in [4.69, 9.17) is 21.6 Å².